The summed E-state index contributed by atoms with van der Waals surface area (Å²) in [5, 5.41) is 14.3. The van der Waals surface area contributed by atoms with Crippen molar-refractivity contribution in [2.45, 2.75) is 12.8 Å². The van der Waals surface area contributed by atoms with Crippen molar-refractivity contribution in [3.05, 3.63) is 69.3 Å². The molecule has 3 rings (SSSR count). The van der Waals surface area contributed by atoms with Crippen LogP contribution in [-0.2, 0) is 19.6 Å². The van der Waals surface area contributed by atoms with Gasteiger partial charge in [-0.3, -0.25) is 14.4 Å². The number of rotatable bonds is 9. The molecule has 2 aromatic heterocycles. The number of nitriles is 1. The van der Waals surface area contributed by atoms with E-state index in [2.05, 4.69) is 5.10 Å². The number of hydrogen-bond donors (Lipinski definition) is 2. The molecule has 32 heavy (non-hydrogen) atoms. The number of aromatic nitrogens is 2. The molecule has 3 aromatic rings. The predicted molar refractivity (Wildman–Crippen MR) is 120 cm³/mol. The van der Waals surface area contributed by atoms with Gasteiger partial charge in [0.15, 0.2) is 0 Å². The number of H-pyrrole nitrogens is 1. The fourth-order valence-corrected chi connectivity index (χ4v) is 4.17. The first kappa shape index (κ1) is 23.2. The van der Waals surface area contributed by atoms with Crippen LogP contribution >= 0.6 is 11.3 Å². The van der Waals surface area contributed by atoms with E-state index in [-0.39, 0.29) is 30.6 Å². The monoisotopic (exact) mass is 473 g/mol. The standard InChI is InChI=1S/C21H19N3O6S2/c22-14-15(21(26)30-10-4-5-12-32(27,28)29)13-17-19(18-9-6-11-31-18)23-24(20(17)25)16-7-2-1-3-8-16/h1-3,6-9,11,13,23H,4-5,10,12H2,(H,27,28,29)/b15-13+. The third-order valence-corrected chi connectivity index (χ3v) is 6.06. The summed E-state index contributed by atoms with van der Waals surface area (Å²) >= 11 is 1.39. The molecule has 0 aliphatic carbocycles. The van der Waals surface area contributed by atoms with Gasteiger partial charge in [0, 0.05) is 0 Å². The van der Waals surface area contributed by atoms with E-state index in [1.54, 1.807) is 30.3 Å². The Bertz CT molecular complexity index is 1310. The van der Waals surface area contributed by atoms with Crippen LogP contribution in [0.4, 0.5) is 0 Å². The molecule has 0 atom stereocenters. The predicted octanol–water partition coefficient (Wildman–Crippen LogP) is 3.01. The van der Waals surface area contributed by atoms with Gasteiger partial charge in [-0.15, -0.1) is 11.3 Å². The van der Waals surface area contributed by atoms with Crippen LogP contribution in [0.3, 0.4) is 0 Å². The second-order valence-electron chi connectivity index (χ2n) is 6.65. The topological polar surface area (TPSA) is 142 Å². The molecule has 0 radical (unpaired) electrons. The van der Waals surface area contributed by atoms with Crippen LogP contribution in [0.2, 0.25) is 0 Å². The maximum absolute atomic E-state index is 13.1. The minimum Gasteiger partial charge on any atom is -0.462 e. The molecule has 166 valence electrons. The third-order valence-electron chi connectivity index (χ3n) is 4.37. The highest BCUT2D eigenvalue weighted by atomic mass is 32.2. The molecule has 0 spiro atoms. The number of carbonyl (C=O) groups is 1. The van der Waals surface area contributed by atoms with Gasteiger partial charge in [0.25, 0.3) is 15.7 Å². The zero-order valence-corrected chi connectivity index (χ0v) is 18.4. The third kappa shape index (κ3) is 5.82. The van der Waals surface area contributed by atoms with Crippen molar-refractivity contribution in [1.29, 1.82) is 5.26 Å². The average molecular weight is 474 g/mol. The van der Waals surface area contributed by atoms with Gasteiger partial charge in [-0.1, -0.05) is 24.3 Å². The molecule has 0 bridgehead atoms. The van der Waals surface area contributed by atoms with E-state index in [9.17, 15) is 23.3 Å². The normalized spacial score (nSPS) is 11.8. The summed E-state index contributed by atoms with van der Waals surface area (Å²) < 4.78 is 36.5. The maximum Gasteiger partial charge on any atom is 0.348 e. The number of aromatic amines is 1. The lowest BCUT2D eigenvalue weighted by Gasteiger charge is -2.03. The lowest BCUT2D eigenvalue weighted by molar-refractivity contribution is -0.138. The summed E-state index contributed by atoms with van der Waals surface area (Å²) in [6.45, 7) is -0.132. The van der Waals surface area contributed by atoms with Gasteiger partial charge < -0.3 is 4.74 Å². The highest BCUT2D eigenvalue weighted by Crippen LogP contribution is 2.27. The fraction of sp³-hybridized carbons (Fsp3) is 0.190. The molecule has 2 N–H and O–H groups in total. The average Bonchev–Trinajstić information content (AvgIpc) is 3.39. The van der Waals surface area contributed by atoms with Crippen molar-refractivity contribution >= 4 is 33.5 Å². The summed E-state index contributed by atoms with van der Waals surface area (Å²) in [5.74, 6) is -1.37. The van der Waals surface area contributed by atoms with Crippen LogP contribution in [0.15, 0.2) is 58.2 Å². The van der Waals surface area contributed by atoms with Crippen molar-refractivity contribution in [1.82, 2.24) is 9.78 Å². The van der Waals surface area contributed by atoms with Crippen LogP contribution in [0.1, 0.15) is 18.4 Å². The Balaban J connectivity index is 1.88. The van der Waals surface area contributed by atoms with Gasteiger partial charge in [-0.2, -0.15) is 13.7 Å². The molecule has 0 aliphatic heterocycles. The van der Waals surface area contributed by atoms with Gasteiger partial charge in [0.1, 0.15) is 11.6 Å². The minimum atomic E-state index is -4.08. The van der Waals surface area contributed by atoms with E-state index in [4.69, 9.17) is 9.29 Å². The number of para-hydroxylation sites is 1. The summed E-state index contributed by atoms with van der Waals surface area (Å²) in [6, 6.07) is 14.3. The van der Waals surface area contributed by atoms with Crippen molar-refractivity contribution in [2.75, 3.05) is 12.4 Å². The van der Waals surface area contributed by atoms with E-state index in [0.717, 1.165) is 4.88 Å². The molecule has 0 amide bonds. The number of thiophene rings is 1. The minimum absolute atomic E-state index is 0.0971. The molecule has 9 nitrogen and oxygen atoms in total. The number of ether oxygens (including phenoxy) is 1. The Morgan fingerprint density at radius 3 is 2.59 bits per heavy atom. The molecule has 2 heterocycles. The first-order chi connectivity index (χ1) is 15.3. The quantitative estimate of drug-likeness (QED) is 0.160. The number of unbranched alkanes of at least 4 members (excludes halogenated alkanes) is 1. The molecule has 0 fully saturated rings. The van der Waals surface area contributed by atoms with Crippen LogP contribution in [0, 0.1) is 11.3 Å². The van der Waals surface area contributed by atoms with Gasteiger partial charge in [-0.05, 0) is 42.5 Å². The van der Waals surface area contributed by atoms with Crippen LogP contribution in [0.5, 0.6) is 0 Å². The second kappa shape index (κ2) is 10.2. The molecule has 11 heteroatoms. The van der Waals surface area contributed by atoms with Gasteiger partial charge >= 0.3 is 5.97 Å². The van der Waals surface area contributed by atoms with E-state index in [1.165, 1.54) is 22.1 Å². The Kier molecular flexibility index (Phi) is 7.42. The van der Waals surface area contributed by atoms with Crippen molar-refractivity contribution < 1.29 is 22.5 Å². The Morgan fingerprint density at radius 2 is 1.97 bits per heavy atom. The molecule has 1 aromatic carbocycles. The van der Waals surface area contributed by atoms with Crippen molar-refractivity contribution in [3.63, 3.8) is 0 Å². The second-order valence-corrected chi connectivity index (χ2v) is 9.17. The summed E-state index contributed by atoms with van der Waals surface area (Å²) in [5.41, 5.74) is 0.385. The smallest absolute Gasteiger partial charge is 0.348 e. The maximum atomic E-state index is 13.1. The first-order valence-corrected chi connectivity index (χ1v) is 12.0. The molecule has 0 saturated carbocycles. The number of hydrogen-bond acceptors (Lipinski definition) is 7. The zero-order valence-electron chi connectivity index (χ0n) is 16.7. The highest BCUT2D eigenvalue weighted by Gasteiger charge is 2.19. The molecule has 0 saturated heterocycles. The van der Waals surface area contributed by atoms with Crippen molar-refractivity contribution in [2.24, 2.45) is 0 Å². The van der Waals surface area contributed by atoms with Gasteiger partial charge in [-0.25, -0.2) is 9.48 Å². The molecule has 0 unspecified atom stereocenters. The number of nitrogens with zero attached hydrogens (tertiary/aromatic N) is 2. The lowest BCUT2D eigenvalue weighted by Crippen LogP contribution is -2.16. The van der Waals surface area contributed by atoms with Crippen LogP contribution in [-0.4, -0.2) is 41.1 Å². The summed E-state index contributed by atoms with van der Waals surface area (Å²) in [4.78, 5) is 26.2. The molecular formula is C21H19N3O6S2. The Labute approximate surface area is 187 Å². The number of carbonyl (C=O) groups excluding carboxylic acids is 1. The number of esters is 1. The Morgan fingerprint density at radius 1 is 1.22 bits per heavy atom. The van der Waals surface area contributed by atoms with Crippen LogP contribution in [0.25, 0.3) is 22.3 Å². The highest BCUT2D eigenvalue weighted by molar-refractivity contribution is 7.85. The van der Waals surface area contributed by atoms with E-state index < -0.39 is 27.4 Å². The number of nitrogens with one attached hydrogen (secondary N) is 1. The zero-order chi connectivity index (χ0) is 23.1. The van der Waals surface area contributed by atoms with E-state index >= 15 is 0 Å². The van der Waals surface area contributed by atoms with E-state index in [1.807, 2.05) is 23.6 Å². The fourth-order valence-electron chi connectivity index (χ4n) is 2.86. The summed E-state index contributed by atoms with van der Waals surface area (Å²) in [7, 11) is -4.08. The van der Waals surface area contributed by atoms with Crippen molar-refractivity contribution in [3.8, 4) is 22.3 Å². The molecular weight excluding hydrogens is 454 g/mol. The van der Waals surface area contributed by atoms with E-state index in [0.29, 0.717) is 11.4 Å². The lowest BCUT2D eigenvalue weighted by atomic mass is 10.1. The van der Waals surface area contributed by atoms with Gasteiger partial charge in [0.2, 0.25) is 0 Å². The number of benzene rings is 1. The first-order valence-electron chi connectivity index (χ1n) is 9.48. The SMILES string of the molecule is N#C/C(=C\c1c(-c2cccs2)[nH]n(-c2ccccc2)c1=O)C(=O)OCCCCS(=O)(=O)O. The largest absolute Gasteiger partial charge is 0.462 e. The molecule has 0 aliphatic rings. The Hall–Kier alpha value is -3.46. The van der Waals surface area contributed by atoms with Crippen LogP contribution < -0.4 is 5.56 Å². The summed E-state index contributed by atoms with van der Waals surface area (Å²) in [6.07, 6.45) is 1.48. The van der Waals surface area contributed by atoms with Gasteiger partial charge in [0.05, 0.1) is 34.2 Å².